The predicted octanol–water partition coefficient (Wildman–Crippen LogP) is 0.605. The minimum Gasteiger partial charge on any atom is -0.478 e. The van der Waals surface area contributed by atoms with Crippen molar-refractivity contribution >= 4 is 29.6 Å². The Hall–Kier alpha value is -1.54. The summed E-state index contributed by atoms with van der Waals surface area (Å²) in [6.07, 6.45) is 2.08. The molecule has 0 aliphatic carbocycles. The van der Waals surface area contributed by atoms with Crippen LogP contribution in [0.25, 0.3) is 0 Å². The van der Waals surface area contributed by atoms with Gasteiger partial charge in [-0.3, -0.25) is 4.79 Å². The molecule has 0 aromatic carbocycles. The molecule has 7 nitrogen and oxygen atoms in total. The summed E-state index contributed by atoms with van der Waals surface area (Å²) < 4.78 is 0. The van der Waals surface area contributed by atoms with Gasteiger partial charge in [0.2, 0.25) is 5.91 Å². The van der Waals surface area contributed by atoms with Crippen molar-refractivity contribution in [3.05, 3.63) is 12.2 Å². The van der Waals surface area contributed by atoms with Crippen LogP contribution in [0.1, 0.15) is 20.3 Å². The van der Waals surface area contributed by atoms with E-state index in [2.05, 4.69) is 6.92 Å². The second-order valence-electron chi connectivity index (χ2n) is 4.56. The maximum atomic E-state index is 11.7. The molecule has 4 N–H and O–H groups in total. The maximum Gasteiger partial charge on any atom is 0.328 e. The molecule has 8 heteroatoms. The lowest BCUT2D eigenvalue weighted by Crippen LogP contribution is -2.45. The first-order valence-corrected chi connectivity index (χ1v) is 7.71. The number of carbonyl (C=O) groups excluding carboxylic acids is 1. The molecule has 0 radical (unpaired) electrons. The SMILES string of the molecule is CC[C@H](C)[C@H](N)C(=O)N1CCSC1.O=C(O)C=CC(=O)O. The van der Waals surface area contributed by atoms with Crippen LogP contribution in [0.15, 0.2) is 12.2 Å². The topological polar surface area (TPSA) is 121 Å². The fourth-order valence-electron chi connectivity index (χ4n) is 1.44. The zero-order chi connectivity index (χ0) is 16.4. The van der Waals surface area contributed by atoms with E-state index in [-0.39, 0.29) is 17.9 Å². The van der Waals surface area contributed by atoms with Crippen molar-refractivity contribution in [1.29, 1.82) is 0 Å². The molecule has 0 spiro atoms. The fourth-order valence-corrected chi connectivity index (χ4v) is 2.39. The number of nitrogens with two attached hydrogens (primary N) is 1. The number of aliphatic carboxylic acids is 2. The molecule has 1 fully saturated rings. The molecule has 2 atom stereocenters. The Balaban J connectivity index is 0.000000433. The van der Waals surface area contributed by atoms with Crippen molar-refractivity contribution in [3.8, 4) is 0 Å². The van der Waals surface area contributed by atoms with Crippen LogP contribution in [-0.4, -0.2) is 57.2 Å². The maximum absolute atomic E-state index is 11.7. The molecule has 21 heavy (non-hydrogen) atoms. The van der Waals surface area contributed by atoms with Crippen molar-refractivity contribution < 1.29 is 24.6 Å². The first-order valence-electron chi connectivity index (χ1n) is 6.55. The van der Waals surface area contributed by atoms with Crippen LogP contribution < -0.4 is 5.73 Å². The Morgan fingerprint density at radius 2 is 1.81 bits per heavy atom. The molecule has 120 valence electrons. The lowest BCUT2D eigenvalue weighted by molar-refractivity contribution is -0.134. The zero-order valence-corrected chi connectivity index (χ0v) is 13.0. The molecule has 0 aromatic heterocycles. The van der Waals surface area contributed by atoms with Crippen molar-refractivity contribution in [1.82, 2.24) is 4.90 Å². The van der Waals surface area contributed by atoms with Gasteiger partial charge in [0.05, 0.1) is 11.9 Å². The second kappa shape index (κ2) is 10.2. The minimum atomic E-state index is -1.26. The largest absolute Gasteiger partial charge is 0.478 e. The number of carboxylic acids is 2. The summed E-state index contributed by atoms with van der Waals surface area (Å²) in [5.41, 5.74) is 5.85. The van der Waals surface area contributed by atoms with Crippen molar-refractivity contribution in [2.24, 2.45) is 11.7 Å². The molecule has 1 saturated heterocycles. The Bertz CT molecular complexity index is 378. The summed E-state index contributed by atoms with van der Waals surface area (Å²) in [6.45, 7) is 4.97. The Morgan fingerprint density at radius 3 is 2.14 bits per heavy atom. The van der Waals surface area contributed by atoms with Crippen LogP contribution in [0, 0.1) is 5.92 Å². The number of carbonyl (C=O) groups is 3. The normalized spacial score (nSPS) is 17.0. The molecule has 0 unspecified atom stereocenters. The van der Waals surface area contributed by atoms with Gasteiger partial charge in [-0.15, -0.1) is 11.8 Å². The van der Waals surface area contributed by atoms with Gasteiger partial charge in [0.25, 0.3) is 0 Å². The van der Waals surface area contributed by atoms with Gasteiger partial charge < -0.3 is 20.8 Å². The first kappa shape index (κ1) is 19.5. The number of rotatable bonds is 5. The van der Waals surface area contributed by atoms with Crippen LogP contribution in [-0.2, 0) is 14.4 Å². The molecule has 1 rings (SSSR count). The number of amides is 1. The van der Waals surface area contributed by atoms with E-state index in [9.17, 15) is 14.4 Å². The molecule has 1 aliphatic heterocycles. The summed E-state index contributed by atoms with van der Waals surface area (Å²) in [7, 11) is 0. The highest BCUT2D eigenvalue weighted by Gasteiger charge is 2.26. The van der Waals surface area contributed by atoms with Crippen molar-refractivity contribution in [2.75, 3.05) is 18.2 Å². The van der Waals surface area contributed by atoms with Crippen LogP contribution in [0.2, 0.25) is 0 Å². The smallest absolute Gasteiger partial charge is 0.328 e. The van der Waals surface area contributed by atoms with Gasteiger partial charge in [-0.05, 0) is 5.92 Å². The van der Waals surface area contributed by atoms with Gasteiger partial charge in [-0.1, -0.05) is 20.3 Å². The standard InChI is InChI=1S/C9H18N2OS.C4H4O4/c1-3-7(2)8(10)9(12)11-4-5-13-6-11;5-3(6)1-2-4(7)8/h7-8H,3-6,10H2,1-2H3;1-2H,(H,5,6)(H,7,8)/t7-,8-;/m0./s1. The third-order valence-corrected chi connectivity index (χ3v) is 3.94. The van der Waals surface area contributed by atoms with Crippen molar-refractivity contribution in [3.63, 3.8) is 0 Å². The molecule has 0 saturated carbocycles. The highest BCUT2D eigenvalue weighted by molar-refractivity contribution is 7.99. The third-order valence-electron chi connectivity index (χ3n) is 2.97. The van der Waals surface area contributed by atoms with Gasteiger partial charge in [0, 0.05) is 24.4 Å². The van der Waals surface area contributed by atoms with E-state index in [1.165, 1.54) is 0 Å². The lowest BCUT2D eigenvalue weighted by Gasteiger charge is -2.23. The highest BCUT2D eigenvalue weighted by atomic mass is 32.2. The molecule has 1 heterocycles. The first-order chi connectivity index (χ1) is 9.79. The molecular weight excluding hydrogens is 296 g/mol. The second-order valence-corrected chi connectivity index (χ2v) is 5.63. The van der Waals surface area contributed by atoms with Gasteiger partial charge in [0.15, 0.2) is 0 Å². The quantitative estimate of drug-likeness (QED) is 0.635. The fraction of sp³-hybridized carbons (Fsp3) is 0.615. The summed E-state index contributed by atoms with van der Waals surface area (Å²) >= 11 is 1.80. The van der Waals surface area contributed by atoms with E-state index in [1.54, 1.807) is 11.8 Å². The van der Waals surface area contributed by atoms with Crippen LogP contribution in [0.5, 0.6) is 0 Å². The van der Waals surface area contributed by atoms with E-state index in [0.29, 0.717) is 12.2 Å². The average molecular weight is 318 g/mol. The Kier molecular flexibility index (Phi) is 9.48. The van der Waals surface area contributed by atoms with Crippen LogP contribution in [0.3, 0.4) is 0 Å². The van der Waals surface area contributed by atoms with Gasteiger partial charge in [-0.2, -0.15) is 0 Å². The van der Waals surface area contributed by atoms with E-state index < -0.39 is 11.9 Å². The number of thioether (sulfide) groups is 1. The van der Waals surface area contributed by atoms with Crippen LogP contribution in [0.4, 0.5) is 0 Å². The number of nitrogens with zero attached hydrogens (tertiary/aromatic N) is 1. The number of carboxylic acid groups (broad SMARTS) is 2. The highest BCUT2D eigenvalue weighted by Crippen LogP contribution is 2.16. The summed E-state index contributed by atoms with van der Waals surface area (Å²) in [5, 5.41) is 15.6. The Morgan fingerprint density at radius 1 is 1.29 bits per heavy atom. The minimum absolute atomic E-state index is 0.124. The lowest BCUT2D eigenvalue weighted by atomic mass is 9.99. The van der Waals surface area contributed by atoms with E-state index >= 15 is 0 Å². The molecule has 1 aliphatic rings. The Labute approximate surface area is 128 Å². The molecule has 0 bridgehead atoms. The third kappa shape index (κ3) is 8.36. The predicted molar refractivity (Wildman–Crippen MR) is 80.9 cm³/mol. The summed E-state index contributed by atoms with van der Waals surface area (Å²) in [5.74, 6) is -0.223. The van der Waals surface area contributed by atoms with Gasteiger partial charge in [0.1, 0.15) is 0 Å². The molecular formula is C13H22N2O5S. The summed E-state index contributed by atoms with van der Waals surface area (Å²) in [4.78, 5) is 32.7. The monoisotopic (exact) mass is 318 g/mol. The zero-order valence-electron chi connectivity index (χ0n) is 12.2. The van der Waals surface area contributed by atoms with Crippen molar-refractivity contribution in [2.45, 2.75) is 26.3 Å². The summed E-state index contributed by atoms with van der Waals surface area (Å²) in [6, 6.07) is -0.302. The van der Waals surface area contributed by atoms with Crippen LogP contribution >= 0.6 is 11.8 Å². The van der Waals surface area contributed by atoms with E-state index in [4.69, 9.17) is 15.9 Å². The molecule has 0 aromatic rings. The molecule has 1 amide bonds. The number of hydrogen-bond acceptors (Lipinski definition) is 5. The van der Waals surface area contributed by atoms with E-state index in [1.807, 2.05) is 11.8 Å². The van der Waals surface area contributed by atoms with Gasteiger partial charge in [-0.25, -0.2) is 9.59 Å². The van der Waals surface area contributed by atoms with E-state index in [0.717, 1.165) is 24.6 Å². The average Bonchev–Trinajstić information content (AvgIpc) is 2.97. The van der Waals surface area contributed by atoms with Gasteiger partial charge >= 0.3 is 11.9 Å². The number of hydrogen-bond donors (Lipinski definition) is 3.